The number of benzene rings is 1. The fourth-order valence-electron chi connectivity index (χ4n) is 2.78. The average molecular weight is 296 g/mol. The Morgan fingerprint density at radius 3 is 2.82 bits per heavy atom. The summed E-state index contributed by atoms with van der Waals surface area (Å²) < 4.78 is 1.15. The normalized spacial score (nSPS) is 24.9. The van der Waals surface area contributed by atoms with Crippen molar-refractivity contribution >= 4 is 21.6 Å². The maximum Gasteiger partial charge on any atom is 0.0353 e. The summed E-state index contributed by atoms with van der Waals surface area (Å²) in [6, 6.07) is 9.14. The van der Waals surface area contributed by atoms with Crippen molar-refractivity contribution < 1.29 is 0 Å². The molecule has 1 aromatic rings. The van der Waals surface area contributed by atoms with Crippen LogP contribution in [0, 0.1) is 11.8 Å². The van der Waals surface area contributed by atoms with E-state index in [-0.39, 0.29) is 0 Å². The summed E-state index contributed by atoms with van der Waals surface area (Å²) in [7, 11) is 0. The van der Waals surface area contributed by atoms with E-state index in [2.05, 4.69) is 59.4 Å². The second-order valence-electron chi connectivity index (χ2n) is 5.52. The van der Waals surface area contributed by atoms with Crippen molar-refractivity contribution in [2.75, 3.05) is 5.32 Å². The first kappa shape index (κ1) is 12.9. The first-order valence-electron chi connectivity index (χ1n) is 6.67. The quantitative estimate of drug-likeness (QED) is 0.820. The van der Waals surface area contributed by atoms with Crippen molar-refractivity contribution in [2.24, 2.45) is 11.8 Å². The Labute approximate surface area is 113 Å². The Hall–Kier alpha value is -0.500. The summed E-state index contributed by atoms with van der Waals surface area (Å²) in [6.07, 6.45) is 5.42. The predicted molar refractivity (Wildman–Crippen MR) is 78.3 cm³/mol. The highest BCUT2D eigenvalue weighted by Gasteiger charge is 2.23. The van der Waals surface area contributed by atoms with E-state index < -0.39 is 0 Å². The van der Waals surface area contributed by atoms with Gasteiger partial charge in [-0.25, -0.2) is 0 Å². The third-order valence-corrected chi connectivity index (χ3v) is 4.35. The van der Waals surface area contributed by atoms with Gasteiger partial charge in [0.1, 0.15) is 0 Å². The van der Waals surface area contributed by atoms with E-state index in [0.29, 0.717) is 6.04 Å². The number of anilines is 1. The average Bonchev–Trinajstić information content (AvgIpc) is 2.29. The third-order valence-electron chi connectivity index (χ3n) is 3.85. The lowest BCUT2D eigenvalue weighted by Gasteiger charge is -2.32. The molecule has 1 fully saturated rings. The molecule has 1 nitrogen and oxygen atoms in total. The Balaban J connectivity index is 1.94. The summed E-state index contributed by atoms with van der Waals surface area (Å²) in [5, 5.41) is 3.68. The summed E-state index contributed by atoms with van der Waals surface area (Å²) in [6.45, 7) is 4.71. The molecule has 0 aliphatic heterocycles. The van der Waals surface area contributed by atoms with Crippen LogP contribution in [-0.4, -0.2) is 6.04 Å². The first-order valence-corrected chi connectivity index (χ1v) is 7.46. The van der Waals surface area contributed by atoms with E-state index >= 15 is 0 Å². The van der Waals surface area contributed by atoms with E-state index in [1.54, 1.807) is 0 Å². The molecule has 1 aliphatic carbocycles. The molecule has 94 valence electrons. The van der Waals surface area contributed by atoms with Crippen molar-refractivity contribution in [3.63, 3.8) is 0 Å². The highest BCUT2D eigenvalue weighted by atomic mass is 79.9. The molecule has 1 aromatic carbocycles. The SMILES string of the molecule is CC(C)C1CCCC(Nc2cccc(Br)c2)C1. The van der Waals surface area contributed by atoms with Gasteiger partial charge in [0, 0.05) is 16.2 Å². The fraction of sp³-hybridized carbons (Fsp3) is 0.600. The van der Waals surface area contributed by atoms with Gasteiger partial charge < -0.3 is 5.32 Å². The van der Waals surface area contributed by atoms with Crippen LogP contribution in [0.15, 0.2) is 28.7 Å². The van der Waals surface area contributed by atoms with Gasteiger partial charge in [0.05, 0.1) is 0 Å². The molecule has 2 heteroatoms. The van der Waals surface area contributed by atoms with Gasteiger partial charge in [-0.2, -0.15) is 0 Å². The van der Waals surface area contributed by atoms with Gasteiger partial charge in [0.2, 0.25) is 0 Å². The number of rotatable bonds is 3. The smallest absolute Gasteiger partial charge is 0.0353 e. The maximum atomic E-state index is 3.68. The van der Waals surface area contributed by atoms with E-state index in [1.165, 1.54) is 31.4 Å². The minimum absolute atomic E-state index is 0.658. The van der Waals surface area contributed by atoms with Gasteiger partial charge in [-0.05, 0) is 42.9 Å². The van der Waals surface area contributed by atoms with Crippen LogP contribution >= 0.6 is 15.9 Å². The van der Waals surface area contributed by atoms with Crippen LogP contribution in [0.25, 0.3) is 0 Å². The molecule has 1 aliphatic rings. The Morgan fingerprint density at radius 1 is 1.29 bits per heavy atom. The van der Waals surface area contributed by atoms with Crippen molar-refractivity contribution in [1.82, 2.24) is 0 Å². The van der Waals surface area contributed by atoms with Crippen LogP contribution in [-0.2, 0) is 0 Å². The van der Waals surface area contributed by atoms with Crippen LogP contribution < -0.4 is 5.32 Å². The molecule has 2 atom stereocenters. The highest BCUT2D eigenvalue weighted by molar-refractivity contribution is 9.10. The minimum atomic E-state index is 0.658. The molecule has 0 bridgehead atoms. The Morgan fingerprint density at radius 2 is 2.12 bits per heavy atom. The van der Waals surface area contributed by atoms with Crippen LogP contribution in [0.4, 0.5) is 5.69 Å². The van der Waals surface area contributed by atoms with Crippen molar-refractivity contribution in [1.29, 1.82) is 0 Å². The molecule has 17 heavy (non-hydrogen) atoms. The van der Waals surface area contributed by atoms with E-state index in [1.807, 2.05) is 0 Å². The van der Waals surface area contributed by atoms with E-state index in [4.69, 9.17) is 0 Å². The molecule has 0 heterocycles. The summed E-state index contributed by atoms with van der Waals surface area (Å²) in [5.74, 6) is 1.72. The molecule has 1 saturated carbocycles. The standard InChI is InChI=1S/C15H22BrN/c1-11(2)12-5-3-7-14(9-12)17-15-8-4-6-13(16)10-15/h4,6,8,10-12,14,17H,3,5,7,9H2,1-2H3. The maximum absolute atomic E-state index is 3.68. The molecular weight excluding hydrogens is 274 g/mol. The lowest BCUT2D eigenvalue weighted by molar-refractivity contribution is 0.264. The van der Waals surface area contributed by atoms with Gasteiger partial charge >= 0.3 is 0 Å². The molecule has 2 rings (SSSR count). The topological polar surface area (TPSA) is 12.0 Å². The van der Waals surface area contributed by atoms with Gasteiger partial charge in [0.25, 0.3) is 0 Å². The molecular formula is C15H22BrN. The van der Waals surface area contributed by atoms with Crippen LogP contribution in [0.1, 0.15) is 39.5 Å². The third kappa shape index (κ3) is 3.74. The van der Waals surface area contributed by atoms with Crippen molar-refractivity contribution in [3.8, 4) is 0 Å². The molecule has 0 radical (unpaired) electrons. The molecule has 0 saturated heterocycles. The summed E-state index contributed by atoms with van der Waals surface area (Å²) in [4.78, 5) is 0. The van der Waals surface area contributed by atoms with Gasteiger partial charge in [-0.15, -0.1) is 0 Å². The lowest BCUT2D eigenvalue weighted by atomic mass is 9.79. The largest absolute Gasteiger partial charge is 0.382 e. The second kappa shape index (κ2) is 5.90. The zero-order chi connectivity index (χ0) is 12.3. The number of halogens is 1. The van der Waals surface area contributed by atoms with Gasteiger partial charge in [-0.3, -0.25) is 0 Å². The molecule has 0 amide bonds. The van der Waals surface area contributed by atoms with Crippen molar-refractivity contribution in [2.45, 2.75) is 45.6 Å². The van der Waals surface area contributed by atoms with E-state index in [0.717, 1.165) is 16.3 Å². The predicted octanol–water partition coefficient (Wildman–Crippen LogP) is 5.08. The number of hydrogen-bond acceptors (Lipinski definition) is 1. The van der Waals surface area contributed by atoms with Gasteiger partial charge in [-0.1, -0.05) is 48.7 Å². The minimum Gasteiger partial charge on any atom is -0.382 e. The van der Waals surface area contributed by atoms with Crippen molar-refractivity contribution in [3.05, 3.63) is 28.7 Å². The Kier molecular flexibility index (Phi) is 4.49. The van der Waals surface area contributed by atoms with Crippen LogP contribution in [0.5, 0.6) is 0 Å². The first-order chi connectivity index (χ1) is 8.15. The van der Waals surface area contributed by atoms with Crippen LogP contribution in [0.3, 0.4) is 0 Å². The zero-order valence-electron chi connectivity index (χ0n) is 10.7. The summed E-state index contributed by atoms with van der Waals surface area (Å²) in [5.41, 5.74) is 1.24. The molecule has 0 spiro atoms. The van der Waals surface area contributed by atoms with Gasteiger partial charge in [0.15, 0.2) is 0 Å². The molecule has 1 N–H and O–H groups in total. The highest BCUT2D eigenvalue weighted by Crippen LogP contribution is 2.31. The Bertz CT molecular complexity index is 362. The zero-order valence-corrected chi connectivity index (χ0v) is 12.3. The monoisotopic (exact) mass is 295 g/mol. The van der Waals surface area contributed by atoms with Crippen LogP contribution in [0.2, 0.25) is 0 Å². The second-order valence-corrected chi connectivity index (χ2v) is 6.44. The molecule has 0 aromatic heterocycles. The number of nitrogens with one attached hydrogen (secondary N) is 1. The molecule has 2 unspecified atom stereocenters. The summed E-state index contributed by atoms with van der Waals surface area (Å²) >= 11 is 3.52. The fourth-order valence-corrected chi connectivity index (χ4v) is 3.18. The lowest BCUT2D eigenvalue weighted by Crippen LogP contribution is -2.29. The van der Waals surface area contributed by atoms with E-state index in [9.17, 15) is 0 Å². The number of hydrogen-bond donors (Lipinski definition) is 1.